The fourth-order valence-corrected chi connectivity index (χ4v) is 2.61. The van der Waals surface area contributed by atoms with Crippen LogP contribution < -0.4 is 10.1 Å². The van der Waals surface area contributed by atoms with Crippen LogP contribution in [0.3, 0.4) is 0 Å². The second kappa shape index (κ2) is 5.44. The highest BCUT2D eigenvalue weighted by Crippen LogP contribution is 2.27. The Kier molecular flexibility index (Phi) is 3.93. The van der Waals surface area contributed by atoms with Crippen molar-refractivity contribution in [3.05, 3.63) is 23.8 Å². The highest BCUT2D eigenvalue weighted by Gasteiger charge is 2.17. The molecule has 0 atom stereocenters. The zero-order valence-electron chi connectivity index (χ0n) is 11.1. The molecule has 0 bridgehead atoms. The SMILES string of the molecule is COc1ccc(NC2CCC(C)CC2)cc1C. The van der Waals surface area contributed by atoms with Crippen LogP contribution in [-0.4, -0.2) is 13.2 Å². The van der Waals surface area contributed by atoms with Gasteiger partial charge in [0.15, 0.2) is 0 Å². The molecule has 94 valence electrons. The number of anilines is 1. The fourth-order valence-electron chi connectivity index (χ4n) is 2.61. The third-order valence-electron chi connectivity index (χ3n) is 3.78. The van der Waals surface area contributed by atoms with E-state index < -0.39 is 0 Å². The summed E-state index contributed by atoms with van der Waals surface area (Å²) >= 11 is 0. The van der Waals surface area contributed by atoms with Crippen LogP contribution in [0.25, 0.3) is 0 Å². The van der Waals surface area contributed by atoms with Gasteiger partial charge in [-0.2, -0.15) is 0 Å². The third kappa shape index (κ3) is 3.15. The smallest absolute Gasteiger partial charge is 0.121 e. The lowest BCUT2D eigenvalue weighted by Gasteiger charge is -2.28. The van der Waals surface area contributed by atoms with Crippen molar-refractivity contribution in [2.45, 2.75) is 45.6 Å². The van der Waals surface area contributed by atoms with Gasteiger partial charge in [-0.05, 0) is 62.3 Å². The van der Waals surface area contributed by atoms with E-state index in [1.54, 1.807) is 7.11 Å². The highest BCUT2D eigenvalue weighted by molar-refractivity contribution is 5.51. The van der Waals surface area contributed by atoms with Crippen molar-refractivity contribution >= 4 is 5.69 Å². The summed E-state index contributed by atoms with van der Waals surface area (Å²) < 4.78 is 5.28. The molecule has 0 unspecified atom stereocenters. The second-order valence-corrected chi connectivity index (χ2v) is 5.29. The first-order chi connectivity index (χ1) is 8.19. The fraction of sp³-hybridized carbons (Fsp3) is 0.600. The van der Waals surface area contributed by atoms with E-state index in [1.165, 1.54) is 36.9 Å². The molecule has 1 aliphatic carbocycles. The number of hydrogen-bond acceptors (Lipinski definition) is 2. The van der Waals surface area contributed by atoms with Crippen LogP contribution in [0.2, 0.25) is 0 Å². The number of rotatable bonds is 3. The van der Waals surface area contributed by atoms with Crippen molar-refractivity contribution in [2.24, 2.45) is 5.92 Å². The molecule has 1 aromatic carbocycles. The van der Waals surface area contributed by atoms with E-state index >= 15 is 0 Å². The monoisotopic (exact) mass is 233 g/mol. The molecule has 0 saturated heterocycles. The maximum Gasteiger partial charge on any atom is 0.121 e. The van der Waals surface area contributed by atoms with Gasteiger partial charge in [0.2, 0.25) is 0 Å². The van der Waals surface area contributed by atoms with Crippen LogP contribution >= 0.6 is 0 Å². The van der Waals surface area contributed by atoms with E-state index in [0.717, 1.165) is 11.7 Å². The summed E-state index contributed by atoms with van der Waals surface area (Å²) in [5, 5.41) is 3.64. The average molecular weight is 233 g/mol. The molecule has 2 rings (SSSR count). The van der Waals surface area contributed by atoms with E-state index in [4.69, 9.17) is 4.74 Å². The number of methoxy groups -OCH3 is 1. The molecular weight excluding hydrogens is 210 g/mol. The van der Waals surface area contributed by atoms with Gasteiger partial charge >= 0.3 is 0 Å². The zero-order valence-corrected chi connectivity index (χ0v) is 11.1. The van der Waals surface area contributed by atoms with Crippen molar-refractivity contribution in [3.8, 4) is 5.75 Å². The molecule has 2 nitrogen and oxygen atoms in total. The normalized spacial score (nSPS) is 24.4. The summed E-state index contributed by atoms with van der Waals surface area (Å²) in [4.78, 5) is 0. The lowest BCUT2D eigenvalue weighted by atomic mass is 9.87. The molecule has 0 radical (unpaired) electrons. The number of benzene rings is 1. The summed E-state index contributed by atoms with van der Waals surface area (Å²) in [5.41, 5.74) is 2.42. The van der Waals surface area contributed by atoms with Gasteiger partial charge in [0, 0.05) is 11.7 Å². The Morgan fingerprint density at radius 2 is 1.88 bits per heavy atom. The first kappa shape index (κ1) is 12.3. The predicted molar refractivity (Wildman–Crippen MR) is 72.8 cm³/mol. The van der Waals surface area contributed by atoms with Crippen molar-refractivity contribution in [2.75, 3.05) is 12.4 Å². The lowest BCUT2D eigenvalue weighted by molar-refractivity contribution is 0.361. The van der Waals surface area contributed by atoms with Gasteiger partial charge in [0.1, 0.15) is 5.75 Å². The van der Waals surface area contributed by atoms with Gasteiger partial charge in [0.05, 0.1) is 7.11 Å². The van der Waals surface area contributed by atoms with Gasteiger partial charge in [-0.25, -0.2) is 0 Å². The summed E-state index contributed by atoms with van der Waals surface area (Å²) in [6.07, 6.45) is 5.30. The van der Waals surface area contributed by atoms with Crippen LogP contribution in [0.1, 0.15) is 38.2 Å². The van der Waals surface area contributed by atoms with Crippen molar-refractivity contribution < 1.29 is 4.74 Å². The minimum absolute atomic E-state index is 0.652. The van der Waals surface area contributed by atoms with Gasteiger partial charge < -0.3 is 10.1 Å². The van der Waals surface area contributed by atoms with Gasteiger partial charge in [0.25, 0.3) is 0 Å². The molecule has 1 fully saturated rings. The Balaban J connectivity index is 1.97. The topological polar surface area (TPSA) is 21.3 Å². The molecule has 1 N–H and O–H groups in total. The molecule has 0 amide bonds. The molecule has 0 aliphatic heterocycles. The maximum absolute atomic E-state index is 5.28. The van der Waals surface area contributed by atoms with Crippen LogP contribution in [0, 0.1) is 12.8 Å². The lowest BCUT2D eigenvalue weighted by Crippen LogP contribution is -2.25. The number of aryl methyl sites for hydroxylation is 1. The van der Waals surface area contributed by atoms with Crippen LogP contribution in [0.15, 0.2) is 18.2 Å². The van der Waals surface area contributed by atoms with Gasteiger partial charge in [-0.1, -0.05) is 6.92 Å². The van der Waals surface area contributed by atoms with Gasteiger partial charge in [-0.15, -0.1) is 0 Å². The molecule has 1 saturated carbocycles. The van der Waals surface area contributed by atoms with Crippen LogP contribution in [0.4, 0.5) is 5.69 Å². The first-order valence-electron chi connectivity index (χ1n) is 6.60. The molecule has 2 heteroatoms. The molecular formula is C15H23NO. The van der Waals surface area contributed by atoms with Crippen molar-refractivity contribution in [1.82, 2.24) is 0 Å². The standard InChI is InChI=1S/C15H23NO/c1-11-4-6-13(7-5-11)16-14-8-9-15(17-3)12(2)10-14/h8-11,13,16H,4-7H2,1-3H3. The largest absolute Gasteiger partial charge is 0.496 e. The summed E-state index contributed by atoms with van der Waals surface area (Å²) in [7, 11) is 1.72. The highest BCUT2D eigenvalue weighted by atomic mass is 16.5. The zero-order chi connectivity index (χ0) is 12.3. The summed E-state index contributed by atoms with van der Waals surface area (Å²) in [6.45, 7) is 4.45. The summed E-state index contributed by atoms with van der Waals surface area (Å²) in [6, 6.07) is 6.99. The third-order valence-corrected chi connectivity index (χ3v) is 3.78. The quantitative estimate of drug-likeness (QED) is 0.852. The van der Waals surface area contributed by atoms with Crippen LogP contribution in [-0.2, 0) is 0 Å². The molecule has 0 aromatic heterocycles. The molecule has 0 heterocycles. The second-order valence-electron chi connectivity index (χ2n) is 5.29. The Morgan fingerprint density at radius 3 is 2.47 bits per heavy atom. The molecule has 1 aliphatic rings. The van der Waals surface area contributed by atoms with E-state index in [-0.39, 0.29) is 0 Å². The number of nitrogens with one attached hydrogen (secondary N) is 1. The van der Waals surface area contributed by atoms with E-state index in [1.807, 2.05) is 6.07 Å². The number of ether oxygens (including phenoxy) is 1. The Labute approximate surface area is 104 Å². The van der Waals surface area contributed by atoms with E-state index in [0.29, 0.717) is 6.04 Å². The molecule has 17 heavy (non-hydrogen) atoms. The number of hydrogen-bond donors (Lipinski definition) is 1. The first-order valence-corrected chi connectivity index (χ1v) is 6.60. The van der Waals surface area contributed by atoms with E-state index in [9.17, 15) is 0 Å². The Bertz CT molecular complexity index is 367. The summed E-state index contributed by atoms with van der Waals surface area (Å²) in [5.74, 6) is 1.87. The minimum atomic E-state index is 0.652. The maximum atomic E-state index is 5.28. The van der Waals surface area contributed by atoms with Crippen LogP contribution in [0.5, 0.6) is 5.75 Å². The van der Waals surface area contributed by atoms with Crippen molar-refractivity contribution in [3.63, 3.8) is 0 Å². The predicted octanol–water partition coefficient (Wildman–Crippen LogP) is 3.99. The van der Waals surface area contributed by atoms with Gasteiger partial charge in [-0.3, -0.25) is 0 Å². The average Bonchev–Trinajstić information content (AvgIpc) is 2.32. The Morgan fingerprint density at radius 1 is 1.18 bits per heavy atom. The van der Waals surface area contributed by atoms with E-state index in [2.05, 4.69) is 31.3 Å². The minimum Gasteiger partial charge on any atom is -0.496 e. The molecule has 1 aromatic rings. The Hall–Kier alpha value is -1.18. The molecule has 0 spiro atoms. The van der Waals surface area contributed by atoms with Crippen molar-refractivity contribution in [1.29, 1.82) is 0 Å².